The maximum absolute atomic E-state index is 12.0. The third kappa shape index (κ3) is 4.08. The number of nitrogens with zero attached hydrogens (tertiary/aromatic N) is 2. The van der Waals surface area contributed by atoms with Gasteiger partial charge in [0.25, 0.3) is 0 Å². The number of halogens is 1. The minimum Gasteiger partial charge on any atom is -0.478 e. The summed E-state index contributed by atoms with van der Waals surface area (Å²) in [5.74, 6) is -0.931. The molecule has 0 fully saturated rings. The first-order chi connectivity index (χ1) is 13.5. The number of carbonyl (C=O) groups is 1. The van der Waals surface area contributed by atoms with Crippen molar-refractivity contribution in [1.29, 1.82) is 0 Å². The molecular weight excluding hydrogens is 372 g/mol. The Hall–Kier alpha value is -2.30. The molecule has 2 aromatic rings. The molecule has 0 radical (unpaired) electrons. The van der Waals surface area contributed by atoms with Crippen LogP contribution in [0.3, 0.4) is 0 Å². The maximum Gasteiger partial charge on any atom is 0.337 e. The zero-order chi connectivity index (χ0) is 20.3. The van der Waals surface area contributed by atoms with Crippen LogP contribution >= 0.6 is 11.6 Å². The van der Waals surface area contributed by atoms with Gasteiger partial charge in [-0.05, 0) is 54.4 Å². The number of fused-ring (bicyclic) bond motifs is 1. The summed E-state index contributed by atoms with van der Waals surface area (Å²) in [7, 11) is 0. The second-order valence-corrected chi connectivity index (χ2v) is 7.54. The van der Waals surface area contributed by atoms with Crippen molar-refractivity contribution in [2.45, 2.75) is 26.8 Å². The second kappa shape index (κ2) is 8.80. The molecular formula is C23H27ClN2O2. The van der Waals surface area contributed by atoms with Crippen molar-refractivity contribution in [3.8, 4) is 0 Å². The standard InChI is InChI=1S/C23H27ClN2O2/c1-4-25(5-2)12-13-26-15-21(23(27)28)20-14-17(24)10-11-19(20)22(26)18-9-7-6-8-16(18)3/h6-11,14-15,22H,4-5,12-13H2,1-3H3,(H,27,28). The third-order valence-electron chi connectivity index (χ3n) is 5.51. The molecule has 5 heteroatoms. The summed E-state index contributed by atoms with van der Waals surface area (Å²) in [6, 6.07) is 13.8. The molecule has 0 saturated heterocycles. The quantitative estimate of drug-likeness (QED) is 0.726. The minimum absolute atomic E-state index is 0.0351. The number of carboxylic acid groups (broad SMARTS) is 1. The fourth-order valence-electron chi connectivity index (χ4n) is 3.89. The van der Waals surface area contributed by atoms with E-state index in [1.54, 1.807) is 12.3 Å². The Morgan fingerprint density at radius 3 is 2.50 bits per heavy atom. The van der Waals surface area contributed by atoms with Gasteiger partial charge in [-0.2, -0.15) is 0 Å². The van der Waals surface area contributed by atoms with E-state index in [4.69, 9.17) is 11.6 Å². The lowest BCUT2D eigenvalue weighted by atomic mass is 9.85. The highest BCUT2D eigenvalue weighted by Crippen LogP contribution is 2.41. The lowest BCUT2D eigenvalue weighted by Crippen LogP contribution is -2.37. The number of aryl methyl sites for hydroxylation is 1. The van der Waals surface area contributed by atoms with E-state index < -0.39 is 5.97 Å². The van der Waals surface area contributed by atoms with Crippen LogP contribution in [0, 0.1) is 6.92 Å². The molecule has 0 saturated carbocycles. The predicted octanol–water partition coefficient (Wildman–Crippen LogP) is 4.82. The Kier molecular flexibility index (Phi) is 6.42. The second-order valence-electron chi connectivity index (χ2n) is 7.10. The van der Waals surface area contributed by atoms with E-state index >= 15 is 0 Å². The van der Waals surface area contributed by atoms with Crippen molar-refractivity contribution in [2.24, 2.45) is 0 Å². The summed E-state index contributed by atoms with van der Waals surface area (Å²) in [5, 5.41) is 10.4. The van der Waals surface area contributed by atoms with E-state index in [9.17, 15) is 9.90 Å². The van der Waals surface area contributed by atoms with Gasteiger partial charge in [0, 0.05) is 24.3 Å². The van der Waals surface area contributed by atoms with Crippen LogP contribution in [0.1, 0.15) is 42.1 Å². The number of carboxylic acids is 1. The van der Waals surface area contributed by atoms with E-state index in [1.807, 2.05) is 24.3 Å². The lowest BCUT2D eigenvalue weighted by Gasteiger charge is -2.38. The highest BCUT2D eigenvalue weighted by molar-refractivity contribution is 6.31. The smallest absolute Gasteiger partial charge is 0.337 e. The number of likely N-dealkylation sites (N-methyl/N-ethyl adjacent to an activating group) is 1. The Labute approximate surface area is 172 Å². The molecule has 148 valence electrons. The molecule has 4 nitrogen and oxygen atoms in total. The number of benzene rings is 2. The number of hydrogen-bond donors (Lipinski definition) is 1. The van der Waals surface area contributed by atoms with Crippen molar-refractivity contribution < 1.29 is 9.90 Å². The molecule has 28 heavy (non-hydrogen) atoms. The number of hydrogen-bond acceptors (Lipinski definition) is 3. The Balaban J connectivity index is 2.11. The van der Waals surface area contributed by atoms with Crippen molar-refractivity contribution in [3.63, 3.8) is 0 Å². The highest BCUT2D eigenvalue weighted by Gasteiger charge is 2.32. The SMILES string of the molecule is CCN(CC)CCN1C=C(C(=O)O)c2cc(Cl)ccc2C1c1ccccc1C. The molecule has 1 N–H and O–H groups in total. The highest BCUT2D eigenvalue weighted by atomic mass is 35.5. The molecule has 0 aromatic heterocycles. The van der Waals surface area contributed by atoms with Gasteiger partial charge in [-0.25, -0.2) is 4.79 Å². The summed E-state index contributed by atoms with van der Waals surface area (Å²) in [4.78, 5) is 16.5. The predicted molar refractivity (Wildman–Crippen MR) is 115 cm³/mol. The van der Waals surface area contributed by atoms with Crippen LogP contribution in [-0.4, -0.2) is 47.1 Å². The first kappa shape index (κ1) is 20.4. The molecule has 0 spiro atoms. The van der Waals surface area contributed by atoms with E-state index in [-0.39, 0.29) is 6.04 Å². The number of rotatable bonds is 7. The zero-order valence-corrected chi connectivity index (χ0v) is 17.4. The van der Waals surface area contributed by atoms with Gasteiger partial charge in [-0.15, -0.1) is 0 Å². The molecule has 1 atom stereocenters. The van der Waals surface area contributed by atoms with Gasteiger partial charge in [-0.3, -0.25) is 0 Å². The lowest BCUT2D eigenvalue weighted by molar-refractivity contribution is -0.130. The maximum atomic E-state index is 12.0. The molecule has 0 aliphatic carbocycles. The van der Waals surface area contributed by atoms with Crippen LogP contribution in [0.5, 0.6) is 0 Å². The molecule has 2 aromatic carbocycles. The molecule has 1 heterocycles. The van der Waals surface area contributed by atoms with E-state index in [1.165, 1.54) is 11.1 Å². The third-order valence-corrected chi connectivity index (χ3v) is 5.74. The van der Waals surface area contributed by atoms with E-state index in [0.717, 1.165) is 31.7 Å². The van der Waals surface area contributed by atoms with Crippen LogP contribution < -0.4 is 0 Å². The Bertz CT molecular complexity index is 890. The fourth-order valence-corrected chi connectivity index (χ4v) is 4.06. The van der Waals surface area contributed by atoms with Gasteiger partial charge in [0.2, 0.25) is 0 Å². The first-order valence-corrected chi connectivity index (χ1v) is 10.1. The Morgan fingerprint density at radius 1 is 1.14 bits per heavy atom. The van der Waals surface area contributed by atoms with Gasteiger partial charge >= 0.3 is 5.97 Å². The van der Waals surface area contributed by atoms with Gasteiger partial charge in [-0.1, -0.05) is 55.8 Å². The van der Waals surface area contributed by atoms with Crippen molar-refractivity contribution in [2.75, 3.05) is 26.2 Å². The molecule has 1 aliphatic heterocycles. The van der Waals surface area contributed by atoms with Crippen LogP contribution in [0.25, 0.3) is 5.57 Å². The van der Waals surface area contributed by atoms with Gasteiger partial charge < -0.3 is 14.9 Å². The molecule has 0 bridgehead atoms. The summed E-state index contributed by atoms with van der Waals surface area (Å²) >= 11 is 6.21. The molecule has 0 amide bonds. The average Bonchev–Trinajstić information content (AvgIpc) is 2.68. The van der Waals surface area contributed by atoms with Gasteiger partial charge in [0.1, 0.15) is 0 Å². The number of aliphatic carboxylic acids is 1. The summed E-state index contributed by atoms with van der Waals surface area (Å²) < 4.78 is 0. The average molecular weight is 399 g/mol. The normalized spacial score (nSPS) is 16.1. The molecule has 3 rings (SSSR count). The minimum atomic E-state index is -0.931. The van der Waals surface area contributed by atoms with E-state index in [0.29, 0.717) is 16.2 Å². The van der Waals surface area contributed by atoms with Crippen LogP contribution in [0.2, 0.25) is 5.02 Å². The van der Waals surface area contributed by atoms with Crippen LogP contribution in [-0.2, 0) is 4.79 Å². The summed E-state index contributed by atoms with van der Waals surface area (Å²) in [6.07, 6.45) is 1.79. The van der Waals surface area contributed by atoms with Crippen LogP contribution in [0.4, 0.5) is 0 Å². The van der Waals surface area contributed by atoms with Crippen LogP contribution in [0.15, 0.2) is 48.7 Å². The summed E-state index contributed by atoms with van der Waals surface area (Å²) in [6.45, 7) is 9.97. The first-order valence-electron chi connectivity index (χ1n) is 9.74. The zero-order valence-electron chi connectivity index (χ0n) is 16.7. The van der Waals surface area contributed by atoms with Crippen molar-refractivity contribution in [1.82, 2.24) is 9.80 Å². The monoisotopic (exact) mass is 398 g/mol. The summed E-state index contributed by atoms with van der Waals surface area (Å²) in [5.41, 5.74) is 4.35. The molecule has 1 aliphatic rings. The molecule has 1 unspecified atom stereocenters. The Morgan fingerprint density at radius 2 is 1.86 bits per heavy atom. The van der Waals surface area contributed by atoms with Gasteiger partial charge in [0.05, 0.1) is 11.6 Å². The largest absolute Gasteiger partial charge is 0.478 e. The van der Waals surface area contributed by atoms with Crippen molar-refractivity contribution in [3.05, 3.63) is 75.9 Å². The van der Waals surface area contributed by atoms with Gasteiger partial charge in [0.15, 0.2) is 0 Å². The topological polar surface area (TPSA) is 43.8 Å². The van der Waals surface area contributed by atoms with E-state index in [2.05, 4.69) is 42.7 Å². The van der Waals surface area contributed by atoms with Crippen molar-refractivity contribution >= 4 is 23.1 Å². The fraction of sp³-hybridized carbons (Fsp3) is 0.348.